The standard InChI is InChI=1S/C13H14N2O2/c14-7-12(13(16)8-15-9-13)5-6-17-11-4-2-1-3-10(11)12/h1-4,15-16H,5-6,8-9H2. The van der Waals surface area contributed by atoms with Gasteiger partial charge in [-0.25, -0.2) is 0 Å². The molecular formula is C13H14N2O2. The third-order valence-corrected chi connectivity index (χ3v) is 3.90. The highest BCUT2D eigenvalue weighted by Crippen LogP contribution is 2.46. The number of rotatable bonds is 1. The maximum Gasteiger partial charge on any atom is 0.124 e. The fourth-order valence-corrected chi connectivity index (χ4v) is 2.76. The first-order valence-corrected chi connectivity index (χ1v) is 5.79. The van der Waals surface area contributed by atoms with Crippen LogP contribution >= 0.6 is 0 Å². The summed E-state index contributed by atoms with van der Waals surface area (Å²) in [6.45, 7) is 1.41. The van der Waals surface area contributed by atoms with Crippen LogP contribution in [0, 0.1) is 11.3 Å². The van der Waals surface area contributed by atoms with Crippen LogP contribution in [0.15, 0.2) is 24.3 Å². The highest BCUT2D eigenvalue weighted by atomic mass is 16.5. The summed E-state index contributed by atoms with van der Waals surface area (Å²) in [6.07, 6.45) is 0.540. The van der Waals surface area contributed by atoms with E-state index in [1.165, 1.54) is 0 Å². The van der Waals surface area contributed by atoms with E-state index in [4.69, 9.17) is 4.74 Å². The number of nitrogens with one attached hydrogen (secondary N) is 1. The van der Waals surface area contributed by atoms with E-state index in [-0.39, 0.29) is 0 Å². The molecule has 2 heterocycles. The van der Waals surface area contributed by atoms with Crippen LogP contribution in [0.25, 0.3) is 0 Å². The molecule has 4 heteroatoms. The Hall–Kier alpha value is -1.57. The van der Waals surface area contributed by atoms with Crippen LogP contribution in [0.4, 0.5) is 0 Å². The van der Waals surface area contributed by atoms with Crippen molar-refractivity contribution in [2.45, 2.75) is 17.4 Å². The molecule has 0 aromatic heterocycles. The third-order valence-electron chi connectivity index (χ3n) is 3.90. The predicted molar refractivity (Wildman–Crippen MR) is 61.7 cm³/mol. The van der Waals surface area contributed by atoms with Gasteiger partial charge in [-0.15, -0.1) is 0 Å². The summed E-state index contributed by atoms with van der Waals surface area (Å²) in [5, 5.41) is 23.2. The first-order valence-electron chi connectivity index (χ1n) is 5.79. The van der Waals surface area contributed by atoms with Crippen LogP contribution in [-0.2, 0) is 5.41 Å². The van der Waals surface area contributed by atoms with E-state index in [1.807, 2.05) is 24.3 Å². The molecule has 1 aromatic rings. The lowest BCUT2D eigenvalue weighted by Crippen LogP contribution is -2.70. The number of para-hydroxylation sites is 1. The minimum Gasteiger partial charge on any atom is -0.493 e. The average Bonchev–Trinajstić information content (AvgIpc) is 2.35. The van der Waals surface area contributed by atoms with Gasteiger partial charge in [-0.3, -0.25) is 0 Å². The normalized spacial score (nSPS) is 29.4. The smallest absolute Gasteiger partial charge is 0.124 e. The van der Waals surface area contributed by atoms with Crippen molar-refractivity contribution >= 4 is 0 Å². The molecule has 1 aromatic carbocycles. The molecule has 4 nitrogen and oxygen atoms in total. The summed E-state index contributed by atoms with van der Waals surface area (Å²) in [5.74, 6) is 0.723. The molecule has 1 unspecified atom stereocenters. The van der Waals surface area contributed by atoms with Crippen molar-refractivity contribution < 1.29 is 9.84 Å². The highest BCUT2D eigenvalue weighted by molar-refractivity contribution is 5.49. The van der Waals surface area contributed by atoms with Gasteiger partial charge in [0.15, 0.2) is 0 Å². The van der Waals surface area contributed by atoms with E-state index in [0.29, 0.717) is 26.1 Å². The van der Waals surface area contributed by atoms with Gasteiger partial charge in [0.2, 0.25) is 0 Å². The number of benzene rings is 1. The Kier molecular flexibility index (Phi) is 2.15. The van der Waals surface area contributed by atoms with Gasteiger partial charge in [0.05, 0.1) is 12.7 Å². The molecule has 1 fully saturated rings. The van der Waals surface area contributed by atoms with Gasteiger partial charge < -0.3 is 15.2 Å². The third kappa shape index (κ3) is 1.24. The molecule has 0 amide bonds. The molecule has 88 valence electrons. The quantitative estimate of drug-likeness (QED) is 0.740. The average molecular weight is 230 g/mol. The van der Waals surface area contributed by atoms with Crippen LogP contribution in [0.3, 0.4) is 0 Å². The van der Waals surface area contributed by atoms with E-state index in [0.717, 1.165) is 11.3 Å². The Morgan fingerprint density at radius 2 is 2.12 bits per heavy atom. The summed E-state index contributed by atoms with van der Waals surface area (Å²) in [5.41, 5.74) is -0.993. The maximum absolute atomic E-state index is 10.6. The van der Waals surface area contributed by atoms with Crippen molar-refractivity contribution in [3.8, 4) is 11.8 Å². The Morgan fingerprint density at radius 3 is 2.76 bits per heavy atom. The zero-order chi connectivity index (χ0) is 11.9. The van der Waals surface area contributed by atoms with Gasteiger partial charge in [0, 0.05) is 25.1 Å². The molecule has 0 saturated carbocycles. The van der Waals surface area contributed by atoms with Crippen molar-refractivity contribution in [2.24, 2.45) is 0 Å². The molecule has 0 bridgehead atoms. The molecule has 0 spiro atoms. The Balaban J connectivity index is 2.17. The van der Waals surface area contributed by atoms with Crippen LogP contribution in [0.1, 0.15) is 12.0 Å². The zero-order valence-electron chi connectivity index (χ0n) is 9.44. The number of β-amino-alcohol motifs (C(OH)–C–C–N with tert-alkyl or cyclic N) is 1. The Labute approximate surface area is 99.8 Å². The fourth-order valence-electron chi connectivity index (χ4n) is 2.76. The molecular weight excluding hydrogens is 216 g/mol. The first-order chi connectivity index (χ1) is 8.22. The van der Waals surface area contributed by atoms with Gasteiger partial charge in [-0.1, -0.05) is 18.2 Å². The molecule has 1 saturated heterocycles. The first kappa shape index (κ1) is 10.6. The molecule has 2 N–H and O–H groups in total. The van der Waals surface area contributed by atoms with E-state index >= 15 is 0 Å². The lowest BCUT2D eigenvalue weighted by atomic mass is 9.62. The second-order valence-corrected chi connectivity index (χ2v) is 4.75. The summed E-state index contributed by atoms with van der Waals surface area (Å²) < 4.78 is 5.56. The predicted octanol–water partition coefficient (Wildman–Crippen LogP) is 0.565. The van der Waals surface area contributed by atoms with E-state index < -0.39 is 11.0 Å². The number of fused-ring (bicyclic) bond motifs is 1. The SMILES string of the molecule is N#CC1(C2(O)CNC2)CCOc2ccccc21. The second-order valence-electron chi connectivity index (χ2n) is 4.75. The number of hydrogen-bond donors (Lipinski definition) is 2. The van der Waals surface area contributed by atoms with Crippen LogP contribution in [-0.4, -0.2) is 30.4 Å². The minimum absolute atomic E-state index is 0.467. The van der Waals surface area contributed by atoms with Crippen molar-refractivity contribution in [2.75, 3.05) is 19.7 Å². The number of nitrogens with zero attached hydrogens (tertiary/aromatic N) is 1. The van der Waals surface area contributed by atoms with Gasteiger partial charge in [-0.05, 0) is 6.07 Å². The molecule has 2 aliphatic heterocycles. The van der Waals surface area contributed by atoms with Crippen molar-refractivity contribution in [3.05, 3.63) is 29.8 Å². The lowest BCUT2D eigenvalue weighted by Gasteiger charge is -2.50. The number of ether oxygens (including phenoxy) is 1. The number of aliphatic hydroxyl groups is 1. The van der Waals surface area contributed by atoms with E-state index in [1.54, 1.807) is 0 Å². The molecule has 1 atom stereocenters. The summed E-state index contributed by atoms with van der Waals surface area (Å²) in [4.78, 5) is 0. The van der Waals surface area contributed by atoms with Gasteiger partial charge >= 0.3 is 0 Å². The highest BCUT2D eigenvalue weighted by Gasteiger charge is 2.57. The Morgan fingerprint density at radius 1 is 1.35 bits per heavy atom. The van der Waals surface area contributed by atoms with E-state index in [9.17, 15) is 10.4 Å². The van der Waals surface area contributed by atoms with Gasteiger partial charge in [0.1, 0.15) is 16.8 Å². The number of nitriles is 1. The van der Waals surface area contributed by atoms with Gasteiger partial charge in [-0.2, -0.15) is 5.26 Å². The molecule has 2 aliphatic rings. The molecule has 0 aliphatic carbocycles. The minimum atomic E-state index is -0.971. The molecule has 3 rings (SSSR count). The second kappa shape index (κ2) is 3.46. The summed E-state index contributed by atoms with van der Waals surface area (Å²) in [7, 11) is 0. The van der Waals surface area contributed by atoms with Crippen molar-refractivity contribution in [3.63, 3.8) is 0 Å². The molecule has 0 radical (unpaired) electrons. The van der Waals surface area contributed by atoms with Crippen LogP contribution < -0.4 is 10.1 Å². The topological polar surface area (TPSA) is 65.3 Å². The number of hydrogen-bond acceptors (Lipinski definition) is 4. The van der Waals surface area contributed by atoms with Crippen molar-refractivity contribution in [1.82, 2.24) is 5.32 Å². The molecule has 17 heavy (non-hydrogen) atoms. The fraction of sp³-hybridized carbons (Fsp3) is 0.462. The van der Waals surface area contributed by atoms with Crippen molar-refractivity contribution in [1.29, 1.82) is 5.26 Å². The van der Waals surface area contributed by atoms with Crippen LogP contribution in [0.5, 0.6) is 5.75 Å². The summed E-state index contributed by atoms with van der Waals surface area (Å²) >= 11 is 0. The lowest BCUT2D eigenvalue weighted by molar-refractivity contribution is -0.0714. The Bertz CT molecular complexity index is 490. The maximum atomic E-state index is 10.6. The van der Waals surface area contributed by atoms with Crippen LogP contribution in [0.2, 0.25) is 0 Å². The summed E-state index contributed by atoms with van der Waals surface area (Å²) in [6, 6.07) is 9.85. The largest absolute Gasteiger partial charge is 0.493 e. The van der Waals surface area contributed by atoms with E-state index in [2.05, 4.69) is 11.4 Å². The monoisotopic (exact) mass is 230 g/mol. The zero-order valence-corrected chi connectivity index (χ0v) is 9.44. The van der Waals surface area contributed by atoms with Gasteiger partial charge in [0.25, 0.3) is 0 Å².